The molecule has 3 aromatic rings. The summed E-state index contributed by atoms with van der Waals surface area (Å²) in [6, 6.07) is 20.0. The third-order valence-corrected chi connectivity index (χ3v) is 5.20. The van der Waals surface area contributed by atoms with E-state index in [1.807, 2.05) is 44.2 Å². The van der Waals surface area contributed by atoms with Gasteiger partial charge in [0.25, 0.3) is 11.8 Å². The third-order valence-electron chi connectivity index (χ3n) is 5.20. The lowest BCUT2D eigenvalue weighted by Crippen LogP contribution is -2.41. The van der Waals surface area contributed by atoms with Gasteiger partial charge in [0, 0.05) is 11.1 Å². The Kier molecular flexibility index (Phi) is 8.30. The van der Waals surface area contributed by atoms with E-state index in [1.165, 1.54) is 0 Å². The van der Waals surface area contributed by atoms with Crippen molar-refractivity contribution < 1.29 is 19.1 Å². The van der Waals surface area contributed by atoms with E-state index in [1.54, 1.807) is 43.5 Å². The summed E-state index contributed by atoms with van der Waals surface area (Å²) < 4.78 is 11.4. The number of hydrogen-bond acceptors (Lipinski definition) is 4. The molecule has 178 valence electrons. The van der Waals surface area contributed by atoms with Crippen LogP contribution in [0.25, 0.3) is 0 Å². The Balaban J connectivity index is 1.91. The van der Waals surface area contributed by atoms with E-state index in [2.05, 4.69) is 24.5 Å². The zero-order valence-corrected chi connectivity index (χ0v) is 20.3. The molecular formula is C28H32N2O4. The summed E-state index contributed by atoms with van der Waals surface area (Å²) in [5, 5.41) is 5.89. The Hall–Kier alpha value is -3.80. The Morgan fingerprint density at radius 3 is 1.82 bits per heavy atom. The van der Waals surface area contributed by atoms with Gasteiger partial charge in [0.15, 0.2) is 11.5 Å². The second-order valence-electron chi connectivity index (χ2n) is 8.73. The Morgan fingerprint density at radius 1 is 0.794 bits per heavy atom. The van der Waals surface area contributed by atoms with Crippen molar-refractivity contribution in [2.45, 2.75) is 33.9 Å². The summed E-state index contributed by atoms with van der Waals surface area (Å²) in [7, 11) is 1.56. The molecule has 3 aromatic carbocycles. The van der Waals surface area contributed by atoms with Crippen molar-refractivity contribution in [2.75, 3.05) is 13.7 Å². The van der Waals surface area contributed by atoms with Crippen LogP contribution in [0.2, 0.25) is 0 Å². The summed E-state index contributed by atoms with van der Waals surface area (Å²) >= 11 is 0. The first kappa shape index (κ1) is 24.8. The molecule has 2 N–H and O–H groups in total. The maximum atomic E-state index is 13.0. The molecule has 0 aliphatic heterocycles. The van der Waals surface area contributed by atoms with Crippen LogP contribution >= 0.6 is 0 Å². The minimum Gasteiger partial charge on any atom is -0.493 e. The molecule has 2 amide bonds. The number of nitrogens with one attached hydrogen (secondary N) is 2. The van der Waals surface area contributed by atoms with Crippen LogP contribution in [-0.4, -0.2) is 25.5 Å². The minimum absolute atomic E-state index is 0.294. The minimum atomic E-state index is -0.783. The predicted octanol–water partition coefficient (Wildman–Crippen LogP) is 5.21. The van der Waals surface area contributed by atoms with Gasteiger partial charge in [-0.1, -0.05) is 55.3 Å². The fraction of sp³-hybridized carbons (Fsp3) is 0.286. The zero-order valence-electron chi connectivity index (χ0n) is 20.3. The average molecular weight is 461 g/mol. The van der Waals surface area contributed by atoms with Crippen molar-refractivity contribution in [1.29, 1.82) is 0 Å². The molecule has 0 fully saturated rings. The first-order valence-corrected chi connectivity index (χ1v) is 11.3. The molecular weight excluding hydrogens is 428 g/mol. The Bertz CT molecular complexity index is 1100. The molecule has 6 heteroatoms. The summed E-state index contributed by atoms with van der Waals surface area (Å²) in [5.41, 5.74) is 3.63. The molecule has 0 heterocycles. The number of methoxy groups -OCH3 is 1. The lowest BCUT2D eigenvalue weighted by molar-refractivity contribution is 0.0883. The summed E-state index contributed by atoms with van der Waals surface area (Å²) in [4.78, 5) is 26.1. The second kappa shape index (κ2) is 11.4. The van der Waals surface area contributed by atoms with Crippen LogP contribution in [0.4, 0.5) is 0 Å². The summed E-state index contributed by atoms with van der Waals surface area (Å²) in [6.07, 6.45) is -0.783. The van der Waals surface area contributed by atoms with Crippen LogP contribution in [0.5, 0.6) is 11.5 Å². The largest absolute Gasteiger partial charge is 0.493 e. The van der Waals surface area contributed by atoms with Gasteiger partial charge in [-0.15, -0.1) is 0 Å². The number of benzene rings is 3. The Morgan fingerprint density at radius 2 is 1.35 bits per heavy atom. The fourth-order valence-electron chi connectivity index (χ4n) is 3.44. The van der Waals surface area contributed by atoms with Gasteiger partial charge in [-0.3, -0.25) is 9.59 Å². The molecule has 0 atom stereocenters. The molecule has 0 aliphatic rings. The molecule has 6 nitrogen and oxygen atoms in total. The van der Waals surface area contributed by atoms with Gasteiger partial charge in [0.1, 0.15) is 6.17 Å². The van der Waals surface area contributed by atoms with Crippen LogP contribution in [-0.2, 0) is 0 Å². The van der Waals surface area contributed by atoms with Crippen molar-refractivity contribution in [3.05, 3.63) is 94.5 Å². The molecule has 0 aromatic heterocycles. The molecule has 3 rings (SSSR count). The fourth-order valence-corrected chi connectivity index (χ4v) is 3.44. The van der Waals surface area contributed by atoms with Gasteiger partial charge in [-0.2, -0.15) is 0 Å². The highest BCUT2D eigenvalue weighted by molar-refractivity contribution is 5.97. The number of carbonyl (C=O) groups is 2. The highest BCUT2D eigenvalue weighted by Crippen LogP contribution is 2.30. The zero-order chi connectivity index (χ0) is 24.7. The standard InChI is InChI=1S/C28H32N2O4/c1-18(2)17-34-24-13-12-21(16-25(24)33-5)26(29-27(31)22-10-6-8-19(3)14-22)30-28(32)23-11-7-9-20(4)15-23/h6-16,18,26H,17H2,1-5H3,(H,29,31)(H,30,32). The number of carbonyl (C=O) groups excluding carboxylic acids is 2. The van der Waals surface area contributed by atoms with Crippen molar-refractivity contribution in [3.8, 4) is 11.5 Å². The smallest absolute Gasteiger partial charge is 0.253 e. The van der Waals surface area contributed by atoms with E-state index in [4.69, 9.17) is 9.47 Å². The first-order valence-electron chi connectivity index (χ1n) is 11.3. The van der Waals surface area contributed by atoms with Gasteiger partial charge in [-0.25, -0.2) is 0 Å². The monoisotopic (exact) mass is 460 g/mol. The number of aryl methyl sites for hydroxylation is 2. The molecule has 0 aliphatic carbocycles. The number of hydrogen-bond donors (Lipinski definition) is 2. The lowest BCUT2D eigenvalue weighted by Gasteiger charge is -2.22. The van der Waals surface area contributed by atoms with Gasteiger partial charge < -0.3 is 20.1 Å². The number of ether oxygens (including phenoxy) is 2. The van der Waals surface area contributed by atoms with Crippen LogP contribution in [0.1, 0.15) is 57.4 Å². The van der Waals surface area contributed by atoms with E-state index in [0.717, 1.165) is 11.1 Å². The van der Waals surface area contributed by atoms with Crippen LogP contribution in [0, 0.1) is 19.8 Å². The van der Waals surface area contributed by atoms with Crippen molar-refractivity contribution in [1.82, 2.24) is 10.6 Å². The van der Waals surface area contributed by atoms with E-state index in [9.17, 15) is 9.59 Å². The average Bonchev–Trinajstić information content (AvgIpc) is 2.82. The first-order chi connectivity index (χ1) is 16.3. The maximum Gasteiger partial charge on any atom is 0.253 e. The van der Waals surface area contributed by atoms with Gasteiger partial charge >= 0.3 is 0 Å². The van der Waals surface area contributed by atoms with Crippen molar-refractivity contribution >= 4 is 11.8 Å². The van der Waals surface area contributed by atoms with Crippen LogP contribution in [0.3, 0.4) is 0 Å². The Labute approximate surface area is 201 Å². The van der Waals surface area contributed by atoms with Gasteiger partial charge in [0.05, 0.1) is 13.7 Å². The van der Waals surface area contributed by atoms with Crippen molar-refractivity contribution in [2.24, 2.45) is 5.92 Å². The highest BCUT2D eigenvalue weighted by atomic mass is 16.5. The third kappa shape index (κ3) is 6.61. The van der Waals surface area contributed by atoms with E-state index >= 15 is 0 Å². The molecule has 34 heavy (non-hydrogen) atoms. The van der Waals surface area contributed by atoms with Crippen LogP contribution < -0.4 is 20.1 Å². The predicted molar refractivity (Wildman–Crippen MR) is 133 cm³/mol. The highest BCUT2D eigenvalue weighted by Gasteiger charge is 2.21. The quantitative estimate of drug-likeness (QED) is 0.430. The number of amides is 2. The molecule has 0 saturated carbocycles. The van der Waals surface area contributed by atoms with E-state index in [0.29, 0.717) is 40.7 Å². The topological polar surface area (TPSA) is 76.7 Å². The second-order valence-corrected chi connectivity index (χ2v) is 8.73. The van der Waals surface area contributed by atoms with Gasteiger partial charge in [-0.05, 0) is 61.7 Å². The van der Waals surface area contributed by atoms with Crippen LogP contribution in [0.15, 0.2) is 66.7 Å². The SMILES string of the molecule is COc1cc(C(NC(=O)c2cccc(C)c2)NC(=O)c2cccc(C)c2)ccc1OCC(C)C. The maximum absolute atomic E-state index is 13.0. The van der Waals surface area contributed by atoms with Crippen molar-refractivity contribution in [3.63, 3.8) is 0 Å². The molecule has 0 saturated heterocycles. The summed E-state index contributed by atoms with van der Waals surface area (Å²) in [6.45, 7) is 8.54. The van der Waals surface area contributed by atoms with E-state index < -0.39 is 6.17 Å². The lowest BCUT2D eigenvalue weighted by atomic mass is 10.1. The molecule has 0 spiro atoms. The molecule has 0 radical (unpaired) electrons. The van der Waals surface area contributed by atoms with Gasteiger partial charge in [0.2, 0.25) is 0 Å². The molecule has 0 bridgehead atoms. The normalized spacial score (nSPS) is 10.8. The number of rotatable bonds is 9. The summed E-state index contributed by atoms with van der Waals surface area (Å²) in [5.74, 6) is 0.903. The molecule has 0 unspecified atom stereocenters. The van der Waals surface area contributed by atoms with E-state index in [-0.39, 0.29) is 11.8 Å².